The van der Waals surface area contributed by atoms with Gasteiger partial charge in [0.05, 0.1) is 0 Å². The molecule has 1 N–H and O–H groups in total. The van der Waals surface area contributed by atoms with Gasteiger partial charge < -0.3 is 19.7 Å². The maximum Gasteiger partial charge on any atom is 0.317 e. The van der Waals surface area contributed by atoms with Gasteiger partial charge in [0.1, 0.15) is 0 Å². The van der Waals surface area contributed by atoms with Gasteiger partial charge in [-0.05, 0) is 42.9 Å². The Morgan fingerprint density at radius 3 is 2.86 bits per heavy atom. The van der Waals surface area contributed by atoms with Gasteiger partial charge in [0.15, 0.2) is 11.5 Å². The molecule has 21 heavy (non-hydrogen) atoms. The number of carbonyl (C=O) groups is 1. The molecule has 0 bridgehead atoms. The molecule has 0 spiro atoms. The molecule has 0 unspecified atom stereocenters. The number of urea groups is 1. The summed E-state index contributed by atoms with van der Waals surface area (Å²) in [5, 5.41) is 3.00. The van der Waals surface area contributed by atoms with Crippen LogP contribution in [0.1, 0.15) is 25.3 Å². The van der Waals surface area contributed by atoms with Crippen molar-refractivity contribution in [3.05, 3.63) is 23.8 Å². The van der Waals surface area contributed by atoms with Crippen molar-refractivity contribution in [2.45, 2.75) is 26.2 Å². The predicted molar refractivity (Wildman–Crippen MR) is 79.6 cm³/mol. The summed E-state index contributed by atoms with van der Waals surface area (Å²) < 4.78 is 10.6. The van der Waals surface area contributed by atoms with Gasteiger partial charge in [-0.15, -0.1) is 0 Å². The second kappa shape index (κ2) is 6.24. The van der Waals surface area contributed by atoms with Gasteiger partial charge in [-0.25, -0.2) is 4.79 Å². The number of amides is 2. The fourth-order valence-electron chi connectivity index (χ4n) is 2.73. The van der Waals surface area contributed by atoms with Crippen LogP contribution in [0.25, 0.3) is 0 Å². The summed E-state index contributed by atoms with van der Waals surface area (Å²) in [7, 11) is 0. The third-order valence-electron chi connectivity index (χ3n) is 4.20. The van der Waals surface area contributed by atoms with Crippen molar-refractivity contribution >= 4 is 6.03 Å². The minimum atomic E-state index is 0.0580. The van der Waals surface area contributed by atoms with Crippen molar-refractivity contribution in [3.63, 3.8) is 0 Å². The number of nitrogens with one attached hydrogen (secondary N) is 1. The molecule has 0 saturated carbocycles. The maximum absolute atomic E-state index is 12.1. The number of ether oxygens (including phenoxy) is 2. The zero-order chi connectivity index (χ0) is 14.7. The highest BCUT2D eigenvalue weighted by molar-refractivity contribution is 5.74. The number of carbonyl (C=O) groups excluding carboxylic acids is 1. The second-order valence-corrected chi connectivity index (χ2v) is 5.84. The van der Waals surface area contributed by atoms with E-state index in [4.69, 9.17) is 9.47 Å². The average Bonchev–Trinajstić information content (AvgIpc) is 2.95. The third-order valence-corrected chi connectivity index (χ3v) is 4.20. The van der Waals surface area contributed by atoms with E-state index in [1.807, 2.05) is 23.1 Å². The zero-order valence-corrected chi connectivity index (χ0v) is 12.4. The molecule has 1 fully saturated rings. The molecule has 1 saturated heterocycles. The van der Waals surface area contributed by atoms with Crippen LogP contribution in [-0.2, 0) is 6.42 Å². The van der Waals surface area contributed by atoms with Crippen LogP contribution in [0.5, 0.6) is 11.5 Å². The van der Waals surface area contributed by atoms with Gasteiger partial charge in [0.25, 0.3) is 0 Å². The van der Waals surface area contributed by atoms with Crippen LogP contribution < -0.4 is 14.8 Å². The summed E-state index contributed by atoms with van der Waals surface area (Å²) in [6.07, 6.45) is 3.01. The molecule has 2 heterocycles. The predicted octanol–water partition coefficient (Wildman–Crippen LogP) is 2.40. The standard InChI is InChI=1S/C16H22N2O3/c1-12-5-8-18(9-6-12)16(19)17-7-4-13-2-3-14-15(10-13)21-11-20-14/h2-3,10,12H,4-9,11H2,1H3,(H,17,19). The van der Waals surface area contributed by atoms with Crippen molar-refractivity contribution in [1.29, 1.82) is 0 Å². The van der Waals surface area contributed by atoms with Crippen molar-refractivity contribution in [3.8, 4) is 11.5 Å². The van der Waals surface area contributed by atoms with Gasteiger partial charge in [0.2, 0.25) is 6.79 Å². The SMILES string of the molecule is CC1CCN(C(=O)NCCc2ccc3c(c2)OCO3)CC1. The van der Waals surface area contributed by atoms with Gasteiger partial charge in [-0.1, -0.05) is 13.0 Å². The lowest BCUT2D eigenvalue weighted by molar-refractivity contribution is 0.174. The quantitative estimate of drug-likeness (QED) is 0.930. The van der Waals surface area contributed by atoms with Gasteiger partial charge in [0, 0.05) is 19.6 Å². The molecular weight excluding hydrogens is 268 g/mol. The van der Waals surface area contributed by atoms with E-state index in [-0.39, 0.29) is 6.03 Å². The summed E-state index contributed by atoms with van der Waals surface area (Å²) in [5.41, 5.74) is 1.15. The Balaban J connectivity index is 1.44. The molecule has 1 aromatic carbocycles. The van der Waals surface area contributed by atoms with Crippen LogP contribution in [0.2, 0.25) is 0 Å². The molecule has 0 atom stereocenters. The number of likely N-dealkylation sites (tertiary alicyclic amines) is 1. The molecule has 1 aromatic rings. The lowest BCUT2D eigenvalue weighted by Gasteiger charge is -2.30. The molecule has 114 valence electrons. The molecular formula is C16H22N2O3. The molecule has 5 heteroatoms. The minimum absolute atomic E-state index is 0.0580. The van der Waals surface area contributed by atoms with E-state index in [1.165, 1.54) is 0 Å². The summed E-state index contributed by atoms with van der Waals surface area (Å²) in [4.78, 5) is 14.0. The molecule has 0 aliphatic carbocycles. The lowest BCUT2D eigenvalue weighted by atomic mass is 10.00. The minimum Gasteiger partial charge on any atom is -0.454 e. The van der Waals surface area contributed by atoms with Gasteiger partial charge in [-0.2, -0.15) is 0 Å². The summed E-state index contributed by atoms with van der Waals surface area (Å²) >= 11 is 0. The molecule has 0 radical (unpaired) electrons. The van der Waals surface area contributed by atoms with E-state index in [9.17, 15) is 4.79 Å². The normalized spacial score (nSPS) is 17.9. The Labute approximate surface area is 125 Å². The summed E-state index contributed by atoms with van der Waals surface area (Å²) in [5.74, 6) is 2.33. The van der Waals surface area contributed by atoms with Gasteiger partial charge >= 0.3 is 6.03 Å². The summed E-state index contributed by atoms with van der Waals surface area (Å²) in [6, 6.07) is 5.98. The fourth-order valence-corrected chi connectivity index (χ4v) is 2.73. The smallest absolute Gasteiger partial charge is 0.317 e. The maximum atomic E-state index is 12.1. The van der Waals surface area contributed by atoms with Crippen LogP contribution >= 0.6 is 0 Å². The third kappa shape index (κ3) is 3.40. The Hall–Kier alpha value is -1.91. The fraction of sp³-hybridized carbons (Fsp3) is 0.562. The first-order chi connectivity index (χ1) is 10.2. The van der Waals surface area contributed by atoms with Crippen LogP contribution in [0, 0.1) is 5.92 Å². The van der Waals surface area contributed by atoms with E-state index in [0.29, 0.717) is 13.3 Å². The number of fused-ring (bicyclic) bond motifs is 1. The van der Waals surface area contributed by atoms with E-state index >= 15 is 0 Å². The molecule has 2 amide bonds. The van der Waals surface area contributed by atoms with E-state index in [1.54, 1.807) is 0 Å². The lowest BCUT2D eigenvalue weighted by Crippen LogP contribution is -2.44. The highest BCUT2D eigenvalue weighted by atomic mass is 16.7. The van der Waals surface area contributed by atoms with E-state index < -0.39 is 0 Å². The number of rotatable bonds is 3. The van der Waals surface area contributed by atoms with Gasteiger partial charge in [-0.3, -0.25) is 0 Å². The van der Waals surface area contributed by atoms with Crippen molar-refractivity contribution in [2.24, 2.45) is 5.92 Å². The van der Waals surface area contributed by atoms with Crippen molar-refractivity contribution in [2.75, 3.05) is 26.4 Å². The Bertz CT molecular complexity index is 510. The molecule has 2 aliphatic rings. The first kappa shape index (κ1) is 14.0. The highest BCUT2D eigenvalue weighted by Crippen LogP contribution is 2.32. The van der Waals surface area contributed by atoms with Crippen LogP contribution in [-0.4, -0.2) is 37.4 Å². The van der Waals surface area contributed by atoms with E-state index in [2.05, 4.69) is 12.2 Å². The molecule has 0 aromatic heterocycles. The number of hydrogen-bond acceptors (Lipinski definition) is 3. The zero-order valence-electron chi connectivity index (χ0n) is 12.4. The first-order valence-corrected chi connectivity index (χ1v) is 7.63. The monoisotopic (exact) mass is 290 g/mol. The largest absolute Gasteiger partial charge is 0.454 e. The summed E-state index contributed by atoms with van der Waals surface area (Å²) in [6.45, 7) is 4.93. The number of nitrogens with zero attached hydrogens (tertiary/aromatic N) is 1. The molecule has 3 rings (SSSR count). The van der Waals surface area contributed by atoms with Crippen LogP contribution in [0.15, 0.2) is 18.2 Å². The average molecular weight is 290 g/mol. The molecule has 5 nitrogen and oxygen atoms in total. The second-order valence-electron chi connectivity index (χ2n) is 5.84. The number of benzene rings is 1. The topological polar surface area (TPSA) is 50.8 Å². The Morgan fingerprint density at radius 1 is 1.29 bits per heavy atom. The van der Waals surface area contributed by atoms with E-state index in [0.717, 1.165) is 55.3 Å². The van der Waals surface area contributed by atoms with Crippen molar-refractivity contribution in [1.82, 2.24) is 10.2 Å². The molecule has 2 aliphatic heterocycles. The highest BCUT2D eigenvalue weighted by Gasteiger charge is 2.19. The van der Waals surface area contributed by atoms with Crippen LogP contribution in [0.4, 0.5) is 4.79 Å². The first-order valence-electron chi connectivity index (χ1n) is 7.63. The van der Waals surface area contributed by atoms with Crippen LogP contribution in [0.3, 0.4) is 0 Å². The number of piperidine rings is 1. The number of hydrogen-bond donors (Lipinski definition) is 1. The Morgan fingerprint density at radius 2 is 2.05 bits per heavy atom. The van der Waals surface area contributed by atoms with Crippen molar-refractivity contribution < 1.29 is 14.3 Å². The Kier molecular flexibility index (Phi) is 4.18.